The monoisotopic (exact) mass is 412 g/mol. The average Bonchev–Trinajstić information content (AvgIpc) is 3.31. The van der Waals surface area contributed by atoms with Gasteiger partial charge in [-0.15, -0.1) is 0 Å². The van der Waals surface area contributed by atoms with E-state index in [9.17, 15) is 9.59 Å². The molecule has 1 amide bonds. The SMILES string of the molecule is CCOc1ccc(N2C(=O)/C(=C/C=C/c3ccco3)N(CC(=O)OC)C2=S)cc1. The second-order valence-corrected chi connectivity index (χ2v) is 6.30. The maximum Gasteiger partial charge on any atom is 0.325 e. The summed E-state index contributed by atoms with van der Waals surface area (Å²) in [5, 5.41) is 0.196. The zero-order valence-electron chi connectivity index (χ0n) is 16.0. The summed E-state index contributed by atoms with van der Waals surface area (Å²) in [7, 11) is 1.29. The summed E-state index contributed by atoms with van der Waals surface area (Å²) in [5.41, 5.74) is 0.842. The van der Waals surface area contributed by atoms with Crippen LogP contribution >= 0.6 is 12.2 Å². The summed E-state index contributed by atoms with van der Waals surface area (Å²) in [6.45, 7) is 2.27. The van der Waals surface area contributed by atoms with Crippen molar-refractivity contribution in [3.8, 4) is 5.75 Å². The lowest BCUT2D eigenvalue weighted by Gasteiger charge is -2.19. The van der Waals surface area contributed by atoms with Crippen LogP contribution in [0.15, 0.2) is 64.9 Å². The first-order valence-corrected chi connectivity index (χ1v) is 9.33. The summed E-state index contributed by atoms with van der Waals surface area (Å²) in [6, 6.07) is 10.6. The Bertz CT molecular complexity index is 948. The van der Waals surface area contributed by atoms with Crippen LogP contribution in [-0.4, -0.2) is 42.2 Å². The molecule has 0 saturated carbocycles. The van der Waals surface area contributed by atoms with Gasteiger partial charge in [0.05, 0.1) is 25.7 Å². The highest BCUT2D eigenvalue weighted by Gasteiger charge is 2.39. The number of nitrogens with zero attached hydrogens (tertiary/aromatic N) is 2. The molecule has 150 valence electrons. The fraction of sp³-hybridized carbons (Fsp3) is 0.190. The number of benzene rings is 1. The molecule has 29 heavy (non-hydrogen) atoms. The quantitative estimate of drug-likeness (QED) is 0.392. The van der Waals surface area contributed by atoms with E-state index in [1.165, 1.54) is 16.9 Å². The van der Waals surface area contributed by atoms with Gasteiger partial charge in [0, 0.05) is 0 Å². The van der Waals surface area contributed by atoms with E-state index in [1.54, 1.807) is 60.9 Å². The Balaban J connectivity index is 1.91. The van der Waals surface area contributed by atoms with E-state index < -0.39 is 5.97 Å². The fourth-order valence-corrected chi connectivity index (χ4v) is 3.11. The molecule has 8 heteroatoms. The second kappa shape index (κ2) is 9.20. The summed E-state index contributed by atoms with van der Waals surface area (Å²) in [4.78, 5) is 27.8. The van der Waals surface area contributed by atoms with Crippen LogP contribution in [0.1, 0.15) is 12.7 Å². The molecule has 2 aromatic rings. The first-order chi connectivity index (χ1) is 14.0. The molecule has 0 spiro atoms. The Kier molecular flexibility index (Phi) is 6.46. The third-order valence-electron chi connectivity index (χ3n) is 4.11. The molecule has 0 N–H and O–H groups in total. The van der Waals surface area contributed by atoms with Crippen molar-refractivity contribution in [2.24, 2.45) is 0 Å². The van der Waals surface area contributed by atoms with Crippen LogP contribution in [0.3, 0.4) is 0 Å². The Labute approximate surface area is 173 Å². The van der Waals surface area contributed by atoms with Crippen LogP contribution in [0, 0.1) is 0 Å². The number of hydrogen-bond donors (Lipinski definition) is 0. The fourth-order valence-electron chi connectivity index (χ4n) is 2.75. The van der Waals surface area contributed by atoms with Crippen LogP contribution in [0.4, 0.5) is 5.69 Å². The topological polar surface area (TPSA) is 72.2 Å². The Morgan fingerprint density at radius 3 is 2.62 bits per heavy atom. The van der Waals surface area contributed by atoms with Crippen LogP contribution < -0.4 is 9.64 Å². The number of ether oxygens (including phenoxy) is 2. The lowest BCUT2D eigenvalue weighted by atomic mass is 10.2. The van der Waals surface area contributed by atoms with Crippen molar-refractivity contribution < 1.29 is 23.5 Å². The number of amides is 1. The summed E-state index contributed by atoms with van der Waals surface area (Å²) < 4.78 is 15.4. The lowest BCUT2D eigenvalue weighted by molar-refractivity contribution is -0.140. The average molecular weight is 412 g/mol. The van der Waals surface area contributed by atoms with E-state index in [4.69, 9.17) is 26.1 Å². The number of esters is 1. The predicted octanol–water partition coefficient (Wildman–Crippen LogP) is 3.38. The van der Waals surface area contributed by atoms with Gasteiger partial charge in [0.15, 0.2) is 5.11 Å². The highest BCUT2D eigenvalue weighted by molar-refractivity contribution is 7.80. The third-order valence-corrected chi connectivity index (χ3v) is 4.52. The zero-order valence-corrected chi connectivity index (χ0v) is 16.8. The second-order valence-electron chi connectivity index (χ2n) is 5.94. The van der Waals surface area contributed by atoms with Crippen molar-refractivity contribution in [1.29, 1.82) is 0 Å². The minimum Gasteiger partial charge on any atom is -0.494 e. The van der Waals surface area contributed by atoms with Crippen LogP contribution in [0.2, 0.25) is 0 Å². The molecule has 1 aliphatic heterocycles. The number of hydrogen-bond acceptors (Lipinski definition) is 6. The molecular formula is C21H20N2O5S. The maximum atomic E-state index is 13.1. The Morgan fingerprint density at radius 1 is 1.24 bits per heavy atom. The summed E-state index contributed by atoms with van der Waals surface area (Å²) >= 11 is 5.49. The van der Waals surface area contributed by atoms with Gasteiger partial charge in [-0.25, -0.2) is 0 Å². The maximum absolute atomic E-state index is 13.1. The minimum absolute atomic E-state index is 0.172. The van der Waals surface area contributed by atoms with Crippen molar-refractivity contribution in [1.82, 2.24) is 4.90 Å². The van der Waals surface area contributed by atoms with Gasteiger partial charge >= 0.3 is 5.97 Å². The van der Waals surface area contributed by atoms with Crippen molar-refractivity contribution in [3.05, 3.63) is 66.3 Å². The number of carbonyl (C=O) groups is 2. The standard InChI is InChI=1S/C21H20N2O5S/c1-3-27-17-11-9-15(10-12-17)23-20(25)18(8-4-6-16-7-5-13-28-16)22(21(23)29)14-19(24)26-2/h4-13H,3,14H2,1-2H3/b6-4+,18-8-. The molecule has 3 rings (SSSR count). The van der Waals surface area contributed by atoms with Gasteiger partial charge in [-0.1, -0.05) is 6.08 Å². The van der Waals surface area contributed by atoms with Gasteiger partial charge in [0.25, 0.3) is 5.91 Å². The van der Waals surface area contributed by atoms with Gasteiger partial charge < -0.3 is 18.8 Å². The van der Waals surface area contributed by atoms with Crippen LogP contribution in [0.25, 0.3) is 6.08 Å². The third kappa shape index (κ3) is 4.55. The highest BCUT2D eigenvalue weighted by Crippen LogP contribution is 2.29. The number of methoxy groups -OCH3 is 1. The van der Waals surface area contributed by atoms with E-state index in [2.05, 4.69) is 0 Å². The van der Waals surface area contributed by atoms with Crippen molar-refractivity contribution >= 4 is 41.0 Å². The van der Waals surface area contributed by atoms with E-state index in [0.717, 1.165) is 0 Å². The molecular weight excluding hydrogens is 392 g/mol. The van der Waals surface area contributed by atoms with E-state index in [1.807, 2.05) is 6.92 Å². The first kappa shape index (κ1) is 20.3. The minimum atomic E-state index is -0.505. The summed E-state index contributed by atoms with van der Waals surface area (Å²) in [6.07, 6.45) is 6.52. The molecule has 0 radical (unpaired) electrons. The van der Waals surface area contributed by atoms with Crippen LogP contribution in [0.5, 0.6) is 5.75 Å². The molecule has 1 aromatic heterocycles. The largest absolute Gasteiger partial charge is 0.494 e. The molecule has 1 aliphatic rings. The Morgan fingerprint density at radius 2 is 2.00 bits per heavy atom. The highest BCUT2D eigenvalue weighted by atomic mass is 32.1. The smallest absolute Gasteiger partial charge is 0.325 e. The van der Waals surface area contributed by atoms with Gasteiger partial charge in [-0.2, -0.15) is 0 Å². The van der Waals surface area contributed by atoms with Crippen molar-refractivity contribution in [2.45, 2.75) is 6.92 Å². The molecule has 0 atom stereocenters. The number of rotatable bonds is 7. The lowest BCUT2D eigenvalue weighted by Crippen LogP contribution is -2.35. The molecule has 2 heterocycles. The van der Waals surface area contributed by atoms with E-state index in [-0.39, 0.29) is 23.3 Å². The number of carbonyl (C=O) groups excluding carboxylic acids is 2. The predicted molar refractivity (Wildman–Crippen MR) is 112 cm³/mol. The van der Waals surface area contributed by atoms with E-state index in [0.29, 0.717) is 23.8 Å². The zero-order chi connectivity index (χ0) is 20.8. The Hall–Kier alpha value is -3.39. The first-order valence-electron chi connectivity index (χ1n) is 8.92. The molecule has 7 nitrogen and oxygen atoms in total. The summed E-state index contributed by atoms with van der Waals surface area (Å²) in [5.74, 6) is 0.483. The normalized spacial score (nSPS) is 15.6. The molecule has 1 aromatic carbocycles. The van der Waals surface area contributed by atoms with Crippen molar-refractivity contribution in [2.75, 3.05) is 25.2 Å². The molecule has 1 fully saturated rings. The van der Waals surface area contributed by atoms with Gasteiger partial charge in [0.2, 0.25) is 0 Å². The molecule has 1 saturated heterocycles. The van der Waals surface area contributed by atoms with Gasteiger partial charge in [0.1, 0.15) is 23.8 Å². The molecule has 0 unspecified atom stereocenters. The number of furan rings is 1. The van der Waals surface area contributed by atoms with E-state index >= 15 is 0 Å². The molecule has 0 aliphatic carbocycles. The molecule has 0 bridgehead atoms. The number of anilines is 1. The van der Waals surface area contributed by atoms with Crippen molar-refractivity contribution in [3.63, 3.8) is 0 Å². The van der Waals surface area contributed by atoms with Crippen LogP contribution in [-0.2, 0) is 14.3 Å². The number of thiocarbonyl (C=S) groups is 1. The van der Waals surface area contributed by atoms with Gasteiger partial charge in [-0.05, 0) is 67.7 Å². The number of allylic oxidation sites excluding steroid dienone is 2. The van der Waals surface area contributed by atoms with Gasteiger partial charge in [-0.3, -0.25) is 14.5 Å².